The second kappa shape index (κ2) is 12.5. The first-order valence-electron chi connectivity index (χ1n) is 17.9. The largest absolute Gasteiger partial charge is 0.286 e. The molecule has 0 spiro atoms. The summed E-state index contributed by atoms with van der Waals surface area (Å²) in [6, 6.07) is 0. The Bertz CT molecular complexity index is 716. The summed E-state index contributed by atoms with van der Waals surface area (Å²) in [4.78, 5) is 0. The molecule has 8 unspecified atom stereocenters. The zero-order chi connectivity index (χ0) is 26.2. The minimum absolute atomic E-state index is 0. The van der Waals surface area contributed by atoms with Gasteiger partial charge in [-0.25, -0.2) is 0 Å². The van der Waals surface area contributed by atoms with Crippen LogP contribution in [0.15, 0.2) is 0 Å². The fourth-order valence-corrected chi connectivity index (χ4v) is 12.0. The van der Waals surface area contributed by atoms with Gasteiger partial charge < -0.3 is 0 Å². The van der Waals surface area contributed by atoms with E-state index in [2.05, 4.69) is 42.5 Å². The molecule has 0 amide bonds. The maximum absolute atomic E-state index is 4.26. The van der Waals surface area contributed by atoms with Gasteiger partial charge in [0.1, 0.15) is 0 Å². The summed E-state index contributed by atoms with van der Waals surface area (Å²) in [7, 11) is 0. The molecule has 9 fully saturated rings. The fourth-order valence-electron chi connectivity index (χ4n) is 12.0. The Morgan fingerprint density at radius 3 is 0.463 bits per heavy atom. The van der Waals surface area contributed by atoms with E-state index in [1.54, 1.807) is 0 Å². The van der Waals surface area contributed by atoms with E-state index in [1.165, 1.54) is 103 Å². The number of hydrogen-bond donors (Lipinski definition) is 8. The molecule has 8 nitrogen and oxygen atoms in total. The van der Waals surface area contributed by atoms with E-state index >= 15 is 0 Å². The minimum Gasteiger partial charge on any atom is -0.286 e. The summed E-state index contributed by atoms with van der Waals surface area (Å²) < 4.78 is 0. The van der Waals surface area contributed by atoms with Crippen LogP contribution < -0.4 is 42.5 Å². The van der Waals surface area contributed by atoms with E-state index in [0.29, 0.717) is 49.3 Å². The van der Waals surface area contributed by atoms with Gasteiger partial charge in [0.05, 0.1) is 49.3 Å². The van der Waals surface area contributed by atoms with Crippen molar-refractivity contribution in [2.45, 2.75) is 152 Å². The quantitative estimate of drug-likeness (QED) is 0.195. The maximum atomic E-state index is 4.26. The molecule has 8 N–H and O–H groups in total. The molecule has 0 aromatic carbocycles. The van der Waals surface area contributed by atoms with Crippen molar-refractivity contribution in [3.8, 4) is 0 Å². The first-order chi connectivity index (χ1) is 19.8. The van der Waals surface area contributed by atoms with E-state index in [0.717, 1.165) is 47.3 Å². The predicted molar refractivity (Wildman–Crippen MR) is 157 cm³/mol. The van der Waals surface area contributed by atoms with E-state index in [-0.39, 0.29) is 49.4 Å². The van der Waals surface area contributed by atoms with Crippen LogP contribution in [0.25, 0.3) is 0 Å². The van der Waals surface area contributed by atoms with Crippen molar-refractivity contribution in [3.63, 3.8) is 0 Å². The molecular formula is C32H56EuN8. The molecule has 4 aliphatic carbocycles. The smallest absolute Gasteiger partial charge is 0.0628 e. The molecular weight excluding hydrogens is 648 g/mol. The molecule has 1 radical (unpaired) electrons. The fraction of sp³-hybridized carbons (Fsp3) is 1.00. The Balaban J connectivity index is 0.00000256. The third-order valence-electron chi connectivity index (χ3n) is 13.8. The van der Waals surface area contributed by atoms with Crippen molar-refractivity contribution in [3.05, 3.63) is 0 Å². The molecule has 5 saturated heterocycles. The normalized spacial score (nSPS) is 56.2. The van der Waals surface area contributed by atoms with Crippen molar-refractivity contribution in [1.82, 2.24) is 42.5 Å². The Hall–Kier alpha value is 1.26. The number of hydrogen-bond acceptors (Lipinski definition) is 8. The average Bonchev–Trinajstić information content (AvgIpc) is 3.73. The molecule has 5 heterocycles. The Morgan fingerprint density at radius 2 is 0.341 bits per heavy atom. The summed E-state index contributed by atoms with van der Waals surface area (Å²) >= 11 is 0. The van der Waals surface area contributed by atoms with Crippen LogP contribution in [0, 0.1) is 96.7 Å². The first-order valence-corrected chi connectivity index (χ1v) is 17.9. The Morgan fingerprint density at radius 1 is 0.220 bits per heavy atom. The molecule has 9 heteroatoms. The van der Waals surface area contributed by atoms with Gasteiger partial charge in [-0.2, -0.15) is 0 Å². The van der Waals surface area contributed by atoms with E-state index in [9.17, 15) is 0 Å². The van der Waals surface area contributed by atoms with Gasteiger partial charge in [-0.1, -0.05) is 51.4 Å². The van der Waals surface area contributed by atoms with Crippen LogP contribution in [0.3, 0.4) is 0 Å². The molecule has 0 aromatic heterocycles. The van der Waals surface area contributed by atoms with Crippen LogP contribution >= 0.6 is 0 Å². The van der Waals surface area contributed by atoms with Gasteiger partial charge in [0.25, 0.3) is 0 Å². The van der Waals surface area contributed by atoms with Crippen LogP contribution in [0.4, 0.5) is 0 Å². The van der Waals surface area contributed by atoms with Crippen LogP contribution in [0.5, 0.6) is 0 Å². The van der Waals surface area contributed by atoms with Crippen LogP contribution in [0.2, 0.25) is 0 Å². The van der Waals surface area contributed by atoms with Gasteiger partial charge in [0, 0.05) is 49.4 Å². The van der Waals surface area contributed by atoms with Gasteiger partial charge >= 0.3 is 0 Å². The average molecular weight is 705 g/mol. The number of fused-ring (bicyclic) bond motifs is 20. The molecule has 5 aliphatic heterocycles. The molecule has 0 aromatic rings. The van der Waals surface area contributed by atoms with Crippen LogP contribution in [0.1, 0.15) is 103 Å². The molecule has 8 bridgehead atoms. The minimum atomic E-state index is 0. The number of nitrogens with one attached hydrogen (secondary N) is 8. The summed E-state index contributed by atoms with van der Waals surface area (Å²) in [6.07, 6.45) is 25.6. The molecule has 8 atom stereocenters. The van der Waals surface area contributed by atoms with E-state index in [1.807, 2.05) is 0 Å². The first kappa shape index (κ1) is 29.7. The van der Waals surface area contributed by atoms with Crippen molar-refractivity contribution >= 4 is 0 Å². The van der Waals surface area contributed by atoms with E-state index in [4.69, 9.17) is 0 Å². The topological polar surface area (TPSA) is 96.2 Å². The van der Waals surface area contributed by atoms with Crippen molar-refractivity contribution in [2.24, 2.45) is 47.3 Å². The summed E-state index contributed by atoms with van der Waals surface area (Å²) in [6.45, 7) is 0. The molecule has 41 heavy (non-hydrogen) atoms. The van der Waals surface area contributed by atoms with Gasteiger partial charge in [-0.3, -0.25) is 42.5 Å². The summed E-state index contributed by atoms with van der Waals surface area (Å²) in [5.41, 5.74) is 0. The Labute approximate surface area is 288 Å². The summed E-state index contributed by atoms with van der Waals surface area (Å²) in [5, 5.41) is 33.8. The van der Waals surface area contributed by atoms with Crippen molar-refractivity contribution in [2.75, 3.05) is 0 Å². The van der Waals surface area contributed by atoms with Gasteiger partial charge in [-0.05, 0) is 98.7 Å². The monoisotopic (exact) mass is 705 g/mol. The standard InChI is InChI=1S/C32H56N8.Eu/c1-2-10-18-17(9-1)25-33-26(18)38-28-21-13-5-6-14-22(21)30(35-28)40-32-24-16-8-7-15-23(24)31(36-32)39-29-20-12-4-3-11-19(20)27(34-29)37-25;/h17-40H,1-16H2;. The van der Waals surface area contributed by atoms with Crippen molar-refractivity contribution < 1.29 is 49.4 Å². The van der Waals surface area contributed by atoms with Gasteiger partial charge in [0.15, 0.2) is 0 Å². The second-order valence-corrected chi connectivity index (χ2v) is 15.6. The van der Waals surface area contributed by atoms with E-state index < -0.39 is 0 Å². The second-order valence-electron chi connectivity index (χ2n) is 15.6. The zero-order valence-electron chi connectivity index (χ0n) is 24.9. The Kier molecular flexibility index (Phi) is 9.01. The maximum Gasteiger partial charge on any atom is 0.0628 e. The van der Waals surface area contributed by atoms with Crippen LogP contribution in [-0.4, -0.2) is 49.3 Å². The third-order valence-corrected chi connectivity index (χ3v) is 13.8. The summed E-state index contributed by atoms with van der Waals surface area (Å²) in [5.74, 6) is 5.97. The third kappa shape index (κ3) is 5.33. The van der Waals surface area contributed by atoms with Crippen molar-refractivity contribution in [1.29, 1.82) is 0 Å². The van der Waals surface area contributed by atoms with Crippen LogP contribution in [-0.2, 0) is 0 Å². The SMILES string of the molecule is C1CCC2C3NC(NC4NC(NC5NC(NC6NC(N3)C3CCCCC63)C3CCCCC53)C3CCCCC43)C2C1.[Eu]. The molecule has 4 saturated carbocycles. The number of rotatable bonds is 0. The molecule has 231 valence electrons. The van der Waals surface area contributed by atoms with Gasteiger partial charge in [0.2, 0.25) is 0 Å². The predicted octanol–water partition coefficient (Wildman–Crippen LogP) is 2.61. The van der Waals surface area contributed by atoms with Gasteiger partial charge in [-0.15, -0.1) is 0 Å². The zero-order valence-corrected chi connectivity index (χ0v) is 27.4. The molecule has 9 aliphatic rings. The molecule has 9 rings (SSSR count).